The molecule has 0 saturated heterocycles. The van der Waals surface area contributed by atoms with Gasteiger partial charge in [0, 0.05) is 12.2 Å². The van der Waals surface area contributed by atoms with Crippen LogP contribution < -0.4 is 0 Å². The zero-order valence-corrected chi connectivity index (χ0v) is 11.5. The van der Waals surface area contributed by atoms with Crippen LogP contribution in [0.5, 0.6) is 0 Å². The Morgan fingerprint density at radius 2 is 1.78 bits per heavy atom. The maximum atomic E-state index is 4.25. The lowest BCUT2D eigenvalue weighted by molar-refractivity contribution is 0.514. The summed E-state index contributed by atoms with van der Waals surface area (Å²) in [5.41, 5.74) is 6.37. The van der Waals surface area contributed by atoms with Gasteiger partial charge in [0.05, 0.1) is 5.70 Å². The monoisotopic (exact) mass is 239 g/mol. The molecule has 18 heavy (non-hydrogen) atoms. The first-order valence-corrected chi connectivity index (χ1v) is 6.62. The molecule has 1 aliphatic heterocycles. The molecule has 0 bridgehead atoms. The minimum Gasteiger partial charge on any atom is -0.341 e. The molecule has 0 fully saturated rings. The molecule has 1 aromatic carbocycles. The summed E-state index contributed by atoms with van der Waals surface area (Å²) in [4.78, 5) is 2.32. The van der Waals surface area contributed by atoms with Gasteiger partial charge in [-0.1, -0.05) is 49.9 Å². The molecule has 1 heteroatoms. The summed E-state index contributed by atoms with van der Waals surface area (Å²) in [6.45, 7) is 11.8. The van der Waals surface area contributed by atoms with E-state index in [1.165, 1.54) is 22.4 Å². The third-order valence-corrected chi connectivity index (χ3v) is 3.48. The fourth-order valence-electron chi connectivity index (χ4n) is 2.57. The zero-order valence-electron chi connectivity index (χ0n) is 11.5. The fraction of sp³-hybridized carbons (Fsp3) is 0.294. The molecule has 0 atom stereocenters. The Bertz CT molecular complexity index is 506. The highest BCUT2D eigenvalue weighted by Gasteiger charge is 2.21. The van der Waals surface area contributed by atoms with Crippen LogP contribution in [0.2, 0.25) is 0 Å². The number of rotatable bonds is 3. The van der Waals surface area contributed by atoms with Crippen LogP contribution in [0, 0.1) is 0 Å². The number of likely N-dealkylation sites (N-methyl/N-ethyl adjacent to an activating group) is 1. The van der Waals surface area contributed by atoms with E-state index in [2.05, 4.69) is 68.7 Å². The van der Waals surface area contributed by atoms with Gasteiger partial charge in [-0.3, -0.25) is 0 Å². The van der Waals surface area contributed by atoms with Crippen LogP contribution >= 0.6 is 0 Å². The first-order valence-electron chi connectivity index (χ1n) is 6.62. The van der Waals surface area contributed by atoms with Crippen LogP contribution in [-0.2, 0) is 0 Å². The molecule has 1 aliphatic rings. The maximum Gasteiger partial charge on any atom is 0.0513 e. The lowest BCUT2D eigenvalue weighted by Crippen LogP contribution is -2.25. The van der Waals surface area contributed by atoms with Gasteiger partial charge in [-0.2, -0.15) is 0 Å². The van der Waals surface area contributed by atoms with Crippen molar-refractivity contribution >= 4 is 5.70 Å². The normalized spacial score (nSPS) is 16.1. The molecule has 0 saturated carbocycles. The van der Waals surface area contributed by atoms with Gasteiger partial charge in [-0.05, 0) is 37.0 Å². The van der Waals surface area contributed by atoms with Crippen molar-refractivity contribution in [2.75, 3.05) is 6.54 Å². The van der Waals surface area contributed by atoms with Gasteiger partial charge >= 0.3 is 0 Å². The van der Waals surface area contributed by atoms with E-state index in [1.54, 1.807) is 0 Å². The van der Waals surface area contributed by atoms with Gasteiger partial charge in [-0.25, -0.2) is 0 Å². The summed E-state index contributed by atoms with van der Waals surface area (Å²) in [5, 5.41) is 0. The van der Waals surface area contributed by atoms with Crippen molar-refractivity contribution in [3.8, 4) is 0 Å². The minimum atomic E-state index is 0.956. The number of allylic oxidation sites excluding steroid dienone is 3. The number of nitrogens with zero attached hydrogens (tertiary/aromatic N) is 1. The Kier molecular flexibility index (Phi) is 3.71. The van der Waals surface area contributed by atoms with Gasteiger partial charge in [0.2, 0.25) is 0 Å². The standard InChI is InChI=1S/C17H21N/c1-5-15-12-13(3)17(18(6-2)14(15)4)16-10-8-7-9-11-16/h7-12H,4-6H2,1-3H3. The Labute approximate surface area is 110 Å². The fourth-order valence-corrected chi connectivity index (χ4v) is 2.57. The van der Waals surface area contributed by atoms with Crippen molar-refractivity contribution in [2.45, 2.75) is 27.2 Å². The predicted octanol–water partition coefficient (Wildman–Crippen LogP) is 4.60. The summed E-state index contributed by atoms with van der Waals surface area (Å²) in [6.07, 6.45) is 3.31. The van der Waals surface area contributed by atoms with Crippen LogP contribution in [0.15, 0.2) is 59.8 Å². The second kappa shape index (κ2) is 5.26. The first kappa shape index (κ1) is 12.7. The molecule has 1 heterocycles. The third kappa shape index (κ3) is 2.13. The van der Waals surface area contributed by atoms with Crippen molar-refractivity contribution in [3.63, 3.8) is 0 Å². The molecule has 0 N–H and O–H groups in total. The van der Waals surface area contributed by atoms with Crippen molar-refractivity contribution < 1.29 is 0 Å². The largest absolute Gasteiger partial charge is 0.341 e. The summed E-state index contributed by atoms with van der Waals surface area (Å²) in [7, 11) is 0. The van der Waals surface area contributed by atoms with Crippen LogP contribution in [0.3, 0.4) is 0 Å². The molecule has 0 aromatic heterocycles. The van der Waals surface area contributed by atoms with E-state index in [1.807, 2.05) is 0 Å². The van der Waals surface area contributed by atoms with E-state index < -0.39 is 0 Å². The summed E-state index contributed by atoms with van der Waals surface area (Å²) in [6, 6.07) is 10.6. The van der Waals surface area contributed by atoms with E-state index >= 15 is 0 Å². The SMILES string of the molecule is C=C1C(CC)=CC(C)=C(c2ccccc2)N1CC. The summed E-state index contributed by atoms with van der Waals surface area (Å²) < 4.78 is 0. The molecule has 94 valence electrons. The van der Waals surface area contributed by atoms with Gasteiger partial charge < -0.3 is 4.90 Å². The second-order valence-electron chi connectivity index (χ2n) is 4.61. The molecular weight excluding hydrogens is 218 g/mol. The Balaban J connectivity index is 2.55. The molecule has 0 spiro atoms. The molecule has 0 aliphatic carbocycles. The van der Waals surface area contributed by atoms with Crippen LogP contribution in [0.1, 0.15) is 32.8 Å². The highest BCUT2D eigenvalue weighted by molar-refractivity contribution is 5.74. The molecule has 1 nitrogen and oxygen atoms in total. The quantitative estimate of drug-likeness (QED) is 0.745. The molecular formula is C17H21N. The summed E-state index contributed by atoms with van der Waals surface area (Å²) in [5.74, 6) is 0. The van der Waals surface area contributed by atoms with Gasteiger partial charge in [0.25, 0.3) is 0 Å². The second-order valence-corrected chi connectivity index (χ2v) is 4.61. The topological polar surface area (TPSA) is 3.24 Å². The van der Waals surface area contributed by atoms with E-state index in [4.69, 9.17) is 0 Å². The van der Waals surface area contributed by atoms with Crippen LogP contribution in [-0.4, -0.2) is 11.4 Å². The van der Waals surface area contributed by atoms with E-state index in [9.17, 15) is 0 Å². The zero-order chi connectivity index (χ0) is 13.1. The maximum absolute atomic E-state index is 4.25. The number of hydrogen-bond acceptors (Lipinski definition) is 1. The Morgan fingerprint density at radius 3 is 2.33 bits per heavy atom. The molecule has 1 aromatic rings. The van der Waals surface area contributed by atoms with Crippen molar-refractivity contribution in [1.29, 1.82) is 0 Å². The van der Waals surface area contributed by atoms with Crippen molar-refractivity contribution in [1.82, 2.24) is 4.90 Å². The average Bonchev–Trinajstić information content (AvgIpc) is 2.41. The van der Waals surface area contributed by atoms with Gasteiger partial charge in [0.1, 0.15) is 0 Å². The van der Waals surface area contributed by atoms with Crippen LogP contribution in [0.25, 0.3) is 5.70 Å². The average molecular weight is 239 g/mol. The lowest BCUT2D eigenvalue weighted by Gasteiger charge is -2.34. The van der Waals surface area contributed by atoms with Crippen molar-refractivity contribution in [3.05, 3.63) is 65.4 Å². The molecule has 0 radical (unpaired) electrons. The summed E-state index contributed by atoms with van der Waals surface area (Å²) >= 11 is 0. The van der Waals surface area contributed by atoms with E-state index in [0.29, 0.717) is 0 Å². The molecule has 0 unspecified atom stereocenters. The predicted molar refractivity (Wildman–Crippen MR) is 78.9 cm³/mol. The van der Waals surface area contributed by atoms with E-state index in [0.717, 1.165) is 18.7 Å². The first-order chi connectivity index (χ1) is 8.69. The minimum absolute atomic E-state index is 0.956. The third-order valence-electron chi connectivity index (χ3n) is 3.48. The molecule has 0 amide bonds. The Hall–Kier alpha value is -1.76. The molecule has 2 rings (SSSR count). The van der Waals surface area contributed by atoms with Gasteiger partial charge in [0.15, 0.2) is 0 Å². The Morgan fingerprint density at radius 1 is 1.11 bits per heavy atom. The number of hydrogen-bond donors (Lipinski definition) is 0. The van der Waals surface area contributed by atoms with E-state index in [-0.39, 0.29) is 0 Å². The highest BCUT2D eigenvalue weighted by Crippen LogP contribution is 2.35. The smallest absolute Gasteiger partial charge is 0.0513 e. The highest BCUT2D eigenvalue weighted by atomic mass is 15.1. The lowest BCUT2D eigenvalue weighted by atomic mass is 9.96. The number of benzene rings is 1. The van der Waals surface area contributed by atoms with Gasteiger partial charge in [-0.15, -0.1) is 0 Å². The van der Waals surface area contributed by atoms with Crippen LogP contribution in [0.4, 0.5) is 0 Å². The van der Waals surface area contributed by atoms with Crippen molar-refractivity contribution in [2.24, 2.45) is 0 Å².